The van der Waals surface area contributed by atoms with Gasteiger partial charge in [-0.3, -0.25) is 4.90 Å². The van der Waals surface area contributed by atoms with Crippen molar-refractivity contribution in [3.05, 3.63) is 35.9 Å². The minimum absolute atomic E-state index is 0.285. The molecule has 0 aliphatic heterocycles. The summed E-state index contributed by atoms with van der Waals surface area (Å²) in [6.45, 7) is 9.99. The van der Waals surface area contributed by atoms with Gasteiger partial charge >= 0.3 is 6.09 Å². The van der Waals surface area contributed by atoms with E-state index in [1.807, 2.05) is 37.3 Å². The van der Waals surface area contributed by atoms with E-state index in [0.717, 1.165) is 10.5 Å². The normalized spacial score (nSPS) is 14.7. The van der Waals surface area contributed by atoms with E-state index in [0.29, 0.717) is 6.29 Å². The van der Waals surface area contributed by atoms with Crippen LogP contribution in [-0.4, -0.2) is 39.8 Å². The smallest absolute Gasteiger partial charge is 0.413 e. The largest absolute Gasteiger partial charge is 0.444 e. The molecule has 0 radical (unpaired) electrons. The number of aliphatic hydroxyl groups is 1. The van der Waals surface area contributed by atoms with E-state index >= 15 is 0 Å². The Morgan fingerprint density at radius 1 is 1.17 bits per heavy atom. The lowest BCUT2D eigenvalue weighted by molar-refractivity contribution is -0.129. The molecule has 5 heteroatoms. The summed E-state index contributed by atoms with van der Waals surface area (Å²) in [5.41, 5.74) is -1.34. The molecule has 128 valence electrons. The fourth-order valence-electron chi connectivity index (χ4n) is 2.38. The van der Waals surface area contributed by atoms with Crippen LogP contribution in [0.5, 0.6) is 0 Å². The first-order chi connectivity index (χ1) is 10.5. The molecule has 0 unspecified atom stereocenters. The van der Waals surface area contributed by atoms with Crippen LogP contribution in [0.25, 0.3) is 0 Å². The van der Waals surface area contributed by atoms with Crippen LogP contribution in [0.4, 0.5) is 4.79 Å². The van der Waals surface area contributed by atoms with Crippen molar-refractivity contribution < 1.29 is 19.4 Å². The van der Waals surface area contributed by atoms with Crippen LogP contribution >= 0.6 is 0 Å². The number of carbonyl (C=O) groups is 2. The third-order valence-electron chi connectivity index (χ3n) is 3.45. The predicted octanol–water partition coefficient (Wildman–Crippen LogP) is 3.32. The number of nitrogens with zero attached hydrogens (tertiary/aromatic N) is 1. The molecule has 0 aliphatic rings. The quantitative estimate of drug-likeness (QED) is 0.667. The second kappa shape index (κ2) is 7.13. The van der Waals surface area contributed by atoms with Gasteiger partial charge in [-0.25, -0.2) is 4.79 Å². The van der Waals surface area contributed by atoms with E-state index in [2.05, 4.69) is 0 Å². The van der Waals surface area contributed by atoms with E-state index in [1.54, 1.807) is 20.8 Å². The topological polar surface area (TPSA) is 66.8 Å². The molecule has 0 bridgehead atoms. The number of ether oxygens (including phenoxy) is 1. The minimum atomic E-state index is -1.53. The Hall–Kier alpha value is -1.88. The fraction of sp³-hybridized carbons (Fsp3) is 0.556. The van der Waals surface area contributed by atoms with Gasteiger partial charge in [-0.15, -0.1) is 0 Å². The monoisotopic (exact) mass is 321 g/mol. The molecule has 1 amide bonds. The second-order valence-corrected chi connectivity index (χ2v) is 7.17. The molecule has 0 heterocycles. The summed E-state index contributed by atoms with van der Waals surface area (Å²) in [7, 11) is 0. The Morgan fingerprint density at radius 2 is 1.70 bits per heavy atom. The first-order valence-electron chi connectivity index (χ1n) is 7.72. The summed E-state index contributed by atoms with van der Waals surface area (Å²) in [5.74, 6) is -0.285. The zero-order valence-electron chi connectivity index (χ0n) is 14.7. The van der Waals surface area contributed by atoms with Gasteiger partial charge in [-0.05, 0) is 40.2 Å². The second-order valence-electron chi connectivity index (χ2n) is 7.17. The Balaban J connectivity index is 3.18. The van der Waals surface area contributed by atoms with Crippen LogP contribution in [0.15, 0.2) is 30.3 Å². The van der Waals surface area contributed by atoms with Gasteiger partial charge < -0.3 is 14.6 Å². The predicted molar refractivity (Wildman–Crippen MR) is 89.1 cm³/mol. The lowest BCUT2D eigenvalue weighted by Crippen LogP contribution is -2.56. The average Bonchev–Trinajstić information content (AvgIpc) is 2.41. The van der Waals surface area contributed by atoms with Gasteiger partial charge in [0.15, 0.2) is 0 Å². The molecule has 23 heavy (non-hydrogen) atoms. The fourth-order valence-corrected chi connectivity index (χ4v) is 2.38. The highest BCUT2D eigenvalue weighted by Gasteiger charge is 2.40. The van der Waals surface area contributed by atoms with Gasteiger partial charge in [0.05, 0.1) is 0 Å². The van der Waals surface area contributed by atoms with Crippen molar-refractivity contribution in [3.63, 3.8) is 0 Å². The van der Waals surface area contributed by atoms with Crippen molar-refractivity contribution in [1.29, 1.82) is 0 Å². The molecular formula is C18H27NO4. The van der Waals surface area contributed by atoms with Crippen LogP contribution < -0.4 is 0 Å². The highest BCUT2D eigenvalue weighted by molar-refractivity contribution is 5.75. The van der Waals surface area contributed by atoms with Crippen molar-refractivity contribution in [2.45, 2.75) is 64.8 Å². The van der Waals surface area contributed by atoms with Gasteiger partial charge in [-0.1, -0.05) is 37.3 Å². The standard InChI is InChI=1S/C18H27NO4/c1-13(14-10-8-7-9-11-14)15(12-20)19(18(5,6)22)16(21)23-17(2,3)4/h7-13,15,22H,1-6H3/t13-,15-/m1/s1. The van der Waals surface area contributed by atoms with E-state index in [1.165, 1.54) is 13.8 Å². The third-order valence-corrected chi connectivity index (χ3v) is 3.45. The summed E-state index contributed by atoms with van der Waals surface area (Å²) >= 11 is 0. The van der Waals surface area contributed by atoms with Gasteiger partial charge in [-0.2, -0.15) is 0 Å². The maximum absolute atomic E-state index is 12.5. The Kier molecular flexibility index (Phi) is 5.94. The number of amides is 1. The Bertz CT molecular complexity index is 528. The summed E-state index contributed by atoms with van der Waals surface area (Å²) in [6, 6.07) is 8.56. The molecule has 0 spiro atoms. The third kappa shape index (κ3) is 5.36. The van der Waals surface area contributed by atoms with Crippen LogP contribution in [0.3, 0.4) is 0 Å². The minimum Gasteiger partial charge on any atom is -0.444 e. The van der Waals surface area contributed by atoms with Crippen molar-refractivity contribution in [1.82, 2.24) is 4.90 Å². The summed E-state index contributed by atoms with van der Waals surface area (Å²) < 4.78 is 5.36. The molecule has 1 rings (SSSR count). The Morgan fingerprint density at radius 3 is 2.09 bits per heavy atom. The van der Waals surface area contributed by atoms with E-state index < -0.39 is 23.5 Å². The van der Waals surface area contributed by atoms with Gasteiger partial charge in [0.1, 0.15) is 23.7 Å². The molecular weight excluding hydrogens is 294 g/mol. The van der Waals surface area contributed by atoms with Crippen LogP contribution in [0, 0.1) is 0 Å². The van der Waals surface area contributed by atoms with Crippen LogP contribution in [0.1, 0.15) is 53.0 Å². The SMILES string of the molecule is C[C@H](c1ccccc1)[C@@H](C=O)N(C(=O)OC(C)(C)C)C(C)(C)O. The molecule has 1 aromatic rings. The summed E-state index contributed by atoms with van der Waals surface area (Å²) in [6.07, 6.45) is -0.0376. The van der Waals surface area contributed by atoms with Crippen molar-refractivity contribution in [2.75, 3.05) is 0 Å². The van der Waals surface area contributed by atoms with Crippen LogP contribution in [-0.2, 0) is 9.53 Å². The first kappa shape index (κ1) is 19.2. The molecule has 2 atom stereocenters. The highest BCUT2D eigenvalue weighted by Crippen LogP contribution is 2.28. The van der Waals surface area contributed by atoms with Gasteiger partial charge in [0.25, 0.3) is 0 Å². The lowest BCUT2D eigenvalue weighted by atomic mass is 9.92. The molecule has 0 aliphatic carbocycles. The highest BCUT2D eigenvalue weighted by atomic mass is 16.6. The number of benzene rings is 1. The molecule has 0 fully saturated rings. The summed E-state index contributed by atoms with van der Waals surface area (Å²) in [4.78, 5) is 25.3. The average molecular weight is 321 g/mol. The zero-order chi connectivity index (χ0) is 17.8. The van der Waals surface area contributed by atoms with Crippen LogP contribution in [0.2, 0.25) is 0 Å². The first-order valence-corrected chi connectivity index (χ1v) is 7.72. The number of aldehydes is 1. The number of hydrogen-bond donors (Lipinski definition) is 1. The molecule has 5 nitrogen and oxygen atoms in total. The van der Waals surface area contributed by atoms with E-state index in [-0.39, 0.29) is 5.92 Å². The van der Waals surface area contributed by atoms with Crippen molar-refractivity contribution in [2.24, 2.45) is 0 Å². The van der Waals surface area contributed by atoms with Gasteiger partial charge in [0.2, 0.25) is 0 Å². The van der Waals surface area contributed by atoms with E-state index in [4.69, 9.17) is 4.74 Å². The Labute approximate surface area is 138 Å². The molecule has 0 saturated carbocycles. The molecule has 0 aromatic heterocycles. The number of hydrogen-bond acceptors (Lipinski definition) is 4. The lowest BCUT2D eigenvalue weighted by Gasteiger charge is -2.40. The van der Waals surface area contributed by atoms with Crippen molar-refractivity contribution >= 4 is 12.4 Å². The molecule has 0 saturated heterocycles. The molecule has 1 N–H and O–H groups in total. The summed E-state index contributed by atoms with van der Waals surface area (Å²) in [5, 5.41) is 10.4. The molecule has 1 aromatic carbocycles. The maximum Gasteiger partial charge on any atom is 0.413 e. The van der Waals surface area contributed by atoms with Gasteiger partial charge in [0, 0.05) is 5.92 Å². The van der Waals surface area contributed by atoms with Crippen molar-refractivity contribution in [3.8, 4) is 0 Å². The zero-order valence-corrected chi connectivity index (χ0v) is 14.7. The number of rotatable bonds is 5. The maximum atomic E-state index is 12.5. The number of carbonyl (C=O) groups excluding carboxylic acids is 2. The van der Waals surface area contributed by atoms with E-state index in [9.17, 15) is 14.7 Å².